The third kappa shape index (κ3) is 2.96. The minimum atomic E-state index is -0.169. The first-order valence-electron chi connectivity index (χ1n) is 6.14. The molecule has 1 aliphatic rings. The first kappa shape index (κ1) is 13.5. The van der Waals surface area contributed by atoms with Crippen molar-refractivity contribution >= 4 is 33.2 Å². The molecule has 6 heteroatoms. The molecule has 0 radical (unpaired) electrons. The van der Waals surface area contributed by atoms with E-state index in [1.54, 1.807) is 6.07 Å². The van der Waals surface area contributed by atoms with Gasteiger partial charge in [0.05, 0.1) is 15.2 Å². The van der Waals surface area contributed by atoms with Gasteiger partial charge in [0.1, 0.15) is 12.7 Å². The van der Waals surface area contributed by atoms with Gasteiger partial charge in [0, 0.05) is 0 Å². The molecule has 1 aromatic heterocycles. The Hall–Kier alpha value is -1.53. The van der Waals surface area contributed by atoms with Gasteiger partial charge in [0.2, 0.25) is 0 Å². The van der Waals surface area contributed by atoms with E-state index in [4.69, 9.17) is 9.47 Å². The van der Waals surface area contributed by atoms with Crippen molar-refractivity contribution in [1.82, 2.24) is 5.32 Å². The Morgan fingerprint density at radius 1 is 1.30 bits per heavy atom. The molecule has 3 rings (SSSR count). The molecular weight excluding hydrogens is 342 g/mol. The molecule has 1 aliphatic heterocycles. The zero-order chi connectivity index (χ0) is 13.9. The van der Waals surface area contributed by atoms with Gasteiger partial charge in [0.15, 0.2) is 11.5 Å². The molecule has 0 aliphatic carbocycles. The molecule has 0 unspecified atom stereocenters. The van der Waals surface area contributed by atoms with Crippen LogP contribution in [0.3, 0.4) is 0 Å². The predicted molar refractivity (Wildman–Crippen MR) is 80.7 cm³/mol. The molecule has 0 fully saturated rings. The number of amides is 1. The van der Waals surface area contributed by atoms with Gasteiger partial charge in [-0.25, -0.2) is 0 Å². The van der Waals surface area contributed by atoms with E-state index in [2.05, 4.69) is 21.2 Å². The number of fused-ring (bicyclic) bond motifs is 1. The maximum Gasteiger partial charge on any atom is 0.261 e. The molecule has 1 atom stereocenters. The summed E-state index contributed by atoms with van der Waals surface area (Å²) in [6.45, 7) is 0.855. The number of halogens is 1. The van der Waals surface area contributed by atoms with E-state index in [1.165, 1.54) is 11.3 Å². The second-order valence-corrected chi connectivity index (χ2v) is 6.77. The smallest absolute Gasteiger partial charge is 0.261 e. The van der Waals surface area contributed by atoms with Crippen LogP contribution in [-0.4, -0.2) is 25.2 Å². The summed E-state index contributed by atoms with van der Waals surface area (Å²) >= 11 is 4.74. The lowest BCUT2D eigenvalue weighted by molar-refractivity contribution is 0.0791. The van der Waals surface area contributed by atoms with Crippen LogP contribution in [0.4, 0.5) is 0 Å². The van der Waals surface area contributed by atoms with Gasteiger partial charge in [-0.15, -0.1) is 11.3 Å². The van der Waals surface area contributed by atoms with Crippen molar-refractivity contribution in [3.63, 3.8) is 0 Å². The fourth-order valence-corrected chi connectivity index (χ4v) is 3.20. The molecule has 0 spiro atoms. The fourth-order valence-electron chi connectivity index (χ4n) is 1.89. The van der Waals surface area contributed by atoms with Crippen molar-refractivity contribution in [2.24, 2.45) is 0 Å². The van der Waals surface area contributed by atoms with Crippen LogP contribution in [0, 0.1) is 0 Å². The van der Waals surface area contributed by atoms with E-state index >= 15 is 0 Å². The van der Waals surface area contributed by atoms with E-state index in [0.29, 0.717) is 18.0 Å². The highest BCUT2D eigenvalue weighted by molar-refractivity contribution is 9.11. The summed E-state index contributed by atoms with van der Waals surface area (Å²) in [6.07, 6.45) is -0.169. The number of nitrogens with one attached hydrogen (secondary N) is 1. The van der Waals surface area contributed by atoms with Gasteiger partial charge in [-0.3, -0.25) is 4.79 Å². The minimum Gasteiger partial charge on any atom is -0.486 e. The summed E-state index contributed by atoms with van der Waals surface area (Å²) < 4.78 is 12.3. The van der Waals surface area contributed by atoms with E-state index in [9.17, 15) is 4.79 Å². The van der Waals surface area contributed by atoms with Crippen LogP contribution >= 0.6 is 27.3 Å². The lowest BCUT2D eigenvalue weighted by Gasteiger charge is -2.26. The molecule has 1 amide bonds. The third-order valence-electron chi connectivity index (χ3n) is 2.85. The average Bonchev–Trinajstić information content (AvgIpc) is 2.91. The summed E-state index contributed by atoms with van der Waals surface area (Å²) in [6, 6.07) is 11.2. The normalized spacial score (nSPS) is 16.8. The van der Waals surface area contributed by atoms with Gasteiger partial charge < -0.3 is 14.8 Å². The Morgan fingerprint density at radius 3 is 2.85 bits per heavy atom. The monoisotopic (exact) mass is 353 g/mol. The third-order valence-corrected chi connectivity index (χ3v) is 4.48. The topological polar surface area (TPSA) is 47.6 Å². The highest BCUT2D eigenvalue weighted by Crippen LogP contribution is 2.30. The highest BCUT2D eigenvalue weighted by Gasteiger charge is 2.21. The maximum absolute atomic E-state index is 11.9. The lowest BCUT2D eigenvalue weighted by atomic mass is 10.2. The van der Waals surface area contributed by atoms with Crippen molar-refractivity contribution in [3.05, 3.63) is 45.1 Å². The summed E-state index contributed by atoms with van der Waals surface area (Å²) in [5.41, 5.74) is 0. The Morgan fingerprint density at radius 2 is 2.10 bits per heavy atom. The van der Waals surface area contributed by atoms with Crippen LogP contribution in [0.5, 0.6) is 11.5 Å². The number of para-hydroxylation sites is 2. The summed E-state index contributed by atoms with van der Waals surface area (Å²) in [5, 5.41) is 2.86. The Balaban J connectivity index is 1.56. The van der Waals surface area contributed by atoms with E-state index in [-0.39, 0.29) is 12.0 Å². The zero-order valence-corrected chi connectivity index (χ0v) is 12.9. The average molecular weight is 354 g/mol. The quantitative estimate of drug-likeness (QED) is 0.922. The fraction of sp³-hybridized carbons (Fsp3) is 0.214. The van der Waals surface area contributed by atoms with Crippen molar-refractivity contribution in [2.75, 3.05) is 13.2 Å². The number of carbonyl (C=O) groups excluding carboxylic acids is 1. The number of carbonyl (C=O) groups is 1. The van der Waals surface area contributed by atoms with Gasteiger partial charge in [-0.05, 0) is 40.2 Å². The second kappa shape index (κ2) is 5.85. The summed E-state index contributed by atoms with van der Waals surface area (Å²) in [5.74, 6) is 1.37. The number of hydrogen-bond acceptors (Lipinski definition) is 4. The van der Waals surface area contributed by atoms with Crippen LogP contribution in [0.2, 0.25) is 0 Å². The number of hydrogen-bond donors (Lipinski definition) is 1. The molecule has 20 heavy (non-hydrogen) atoms. The van der Waals surface area contributed by atoms with Crippen LogP contribution in [-0.2, 0) is 0 Å². The molecule has 0 bridgehead atoms. The number of rotatable bonds is 3. The van der Waals surface area contributed by atoms with Crippen LogP contribution in [0.25, 0.3) is 0 Å². The molecule has 104 valence electrons. The number of ether oxygens (including phenoxy) is 2. The highest BCUT2D eigenvalue weighted by atomic mass is 79.9. The molecule has 0 saturated carbocycles. The SMILES string of the molecule is O=C(NC[C@H]1COc2ccccc2O1)c1ccc(Br)s1. The molecule has 1 aromatic carbocycles. The van der Waals surface area contributed by atoms with E-state index in [1.807, 2.05) is 30.3 Å². The van der Waals surface area contributed by atoms with Gasteiger partial charge >= 0.3 is 0 Å². The summed E-state index contributed by atoms with van der Waals surface area (Å²) in [7, 11) is 0. The lowest BCUT2D eigenvalue weighted by Crippen LogP contribution is -2.40. The number of benzene rings is 1. The molecule has 2 heterocycles. The standard InChI is InChI=1S/C14H12BrNO3S/c15-13-6-5-12(20-13)14(17)16-7-9-8-18-10-3-1-2-4-11(10)19-9/h1-6,9H,7-8H2,(H,16,17)/t9-/m0/s1. The minimum absolute atomic E-state index is 0.0943. The predicted octanol–water partition coefficient (Wildman–Crippen LogP) is 3.08. The van der Waals surface area contributed by atoms with Crippen LogP contribution in [0.1, 0.15) is 9.67 Å². The van der Waals surface area contributed by atoms with E-state index in [0.717, 1.165) is 15.3 Å². The van der Waals surface area contributed by atoms with Gasteiger partial charge in [-0.1, -0.05) is 12.1 Å². The Kier molecular flexibility index (Phi) is 3.93. The zero-order valence-electron chi connectivity index (χ0n) is 10.5. The number of thiophene rings is 1. The molecular formula is C14H12BrNO3S. The first-order valence-corrected chi connectivity index (χ1v) is 7.75. The maximum atomic E-state index is 11.9. The van der Waals surface area contributed by atoms with Crippen molar-refractivity contribution in [3.8, 4) is 11.5 Å². The van der Waals surface area contributed by atoms with Crippen molar-refractivity contribution in [1.29, 1.82) is 0 Å². The summed E-state index contributed by atoms with van der Waals surface area (Å²) in [4.78, 5) is 12.6. The van der Waals surface area contributed by atoms with Crippen LogP contribution in [0.15, 0.2) is 40.2 Å². The van der Waals surface area contributed by atoms with Crippen molar-refractivity contribution in [2.45, 2.75) is 6.10 Å². The molecule has 0 saturated heterocycles. The second-order valence-electron chi connectivity index (χ2n) is 4.31. The Bertz CT molecular complexity index is 628. The first-order chi connectivity index (χ1) is 9.72. The molecule has 4 nitrogen and oxygen atoms in total. The molecule has 1 N–H and O–H groups in total. The van der Waals surface area contributed by atoms with E-state index < -0.39 is 0 Å². The largest absolute Gasteiger partial charge is 0.486 e. The van der Waals surface area contributed by atoms with Gasteiger partial charge in [0.25, 0.3) is 5.91 Å². The molecule has 2 aromatic rings. The Labute approximate surface area is 128 Å². The van der Waals surface area contributed by atoms with Gasteiger partial charge in [-0.2, -0.15) is 0 Å². The van der Waals surface area contributed by atoms with Crippen molar-refractivity contribution < 1.29 is 14.3 Å². The van der Waals surface area contributed by atoms with Crippen LogP contribution < -0.4 is 14.8 Å².